The largest absolute Gasteiger partial charge is 0.276 e. The van der Waals surface area contributed by atoms with Gasteiger partial charge in [0.1, 0.15) is 4.21 Å². The summed E-state index contributed by atoms with van der Waals surface area (Å²) in [6.45, 7) is 0. The van der Waals surface area contributed by atoms with E-state index >= 15 is 0 Å². The number of aromatic amines is 1. The molecule has 0 amide bonds. The first-order valence-electron chi connectivity index (χ1n) is 5.27. The fourth-order valence-corrected chi connectivity index (χ4v) is 4.69. The Morgan fingerprint density at radius 1 is 1.21 bits per heavy atom. The second-order valence-corrected chi connectivity index (χ2v) is 8.15. The average Bonchev–Trinajstić information content (AvgIpc) is 2.97. The van der Waals surface area contributed by atoms with Crippen LogP contribution in [-0.4, -0.2) is 18.6 Å². The lowest BCUT2D eigenvalue weighted by atomic mass is 10.2. The van der Waals surface area contributed by atoms with Crippen molar-refractivity contribution in [3.8, 4) is 0 Å². The molecule has 0 aliphatic rings. The maximum atomic E-state index is 12.2. The van der Waals surface area contributed by atoms with Crippen molar-refractivity contribution in [2.24, 2.45) is 0 Å². The van der Waals surface area contributed by atoms with Gasteiger partial charge in [-0.05, 0) is 40.2 Å². The van der Waals surface area contributed by atoms with Crippen molar-refractivity contribution in [1.29, 1.82) is 0 Å². The van der Waals surface area contributed by atoms with Crippen LogP contribution < -0.4 is 4.72 Å². The second kappa shape index (κ2) is 4.62. The van der Waals surface area contributed by atoms with Crippen LogP contribution in [0.5, 0.6) is 0 Å². The van der Waals surface area contributed by atoms with Gasteiger partial charge >= 0.3 is 0 Å². The number of hydrogen-bond acceptors (Lipinski definition) is 4. The molecule has 0 aliphatic heterocycles. The molecule has 0 spiro atoms. The molecule has 5 nitrogen and oxygen atoms in total. The fraction of sp³-hybridized carbons (Fsp3) is 0. The maximum absolute atomic E-state index is 12.2. The highest BCUT2D eigenvalue weighted by Gasteiger charge is 2.19. The van der Waals surface area contributed by atoms with Crippen LogP contribution in [0.25, 0.3) is 10.9 Å². The SMILES string of the molecule is O=S(=O)(Nc1n[nH]c2ccccc12)c1ccc(Br)s1. The van der Waals surface area contributed by atoms with Crippen LogP contribution >= 0.6 is 27.3 Å². The van der Waals surface area contributed by atoms with E-state index in [4.69, 9.17) is 0 Å². The number of aromatic nitrogens is 2. The highest BCUT2D eigenvalue weighted by atomic mass is 79.9. The topological polar surface area (TPSA) is 74.8 Å². The van der Waals surface area contributed by atoms with E-state index in [0.717, 1.165) is 26.0 Å². The van der Waals surface area contributed by atoms with E-state index in [0.29, 0.717) is 5.82 Å². The first-order valence-corrected chi connectivity index (χ1v) is 8.37. The van der Waals surface area contributed by atoms with Gasteiger partial charge in [-0.1, -0.05) is 12.1 Å². The highest BCUT2D eigenvalue weighted by molar-refractivity contribution is 9.11. The normalized spacial score (nSPS) is 11.8. The number of rotatable bonds is 3. The fourth-order valence-electron chi connectivity index (χ4n) is 1.66. The molecule has 2 N–H and O–H groups in total. The average molecular weight is 358 g/mol. The Kier molecular flexibility index (Phi) is 3.08. The zero-order chi connectivity index (χ0) is 13.5. The lowest BCUT2D eigenvalue weighted by molar-refractivity contribution is 0.603. The number of hydrogen-bond donors (Lipinski definition) is 2. The number of nitrogens with one attached hydrogen (secondary N) is 2. The third-order valence-corrected chi connectivity index (χ3v) is 5.97. The Bertz CT molecular complexity index is 838. The minimum absolute atomic E-state index is 0.242. The third kappa shape index (κ3) is 2.38. The maximum Gasteiger partial charge on any atom is 0.272 e. The number of sulfonamides is 1. The summed E-state index contributed by atoms with van der Waals surface area (Å²) >= 11 is 4.40. The summed E-state index contributed by atoms with van der Waals surface area (Å²) in [6.07, 6.45) is 0. The van der Waals surface area contributed by atoms with Gasteiger partial charge in [0.15, 0.2) is 5.82 Å². The number of nitrogens with zero attached hydrogens (tertiary/aromatic N) is 1. The van der Waals surface area contributed by atoms with E-state index in [1.807, 2.05) is 18.2 Å². The van der Waals surface area contributed by atoms with Crippen molar-refractivity contribution >= 4 is 54.0 Å². The van der Waals surface area contributed by atoms with E-state index in [1.165, 1.54) is 0 Å². The lowest BCUT2D eigenvalue weighted by Crippen LogP contribution is -2.11. The monoisotopic (exact) mass is 357 g/mol. The van der Waals surface area contributed by atoms with Gasteiger partial charge < -0.3 is 0 Å². The van der Waals surface area contributed by atoms with E-state index in [1.54, 1.807) is 18.2 Å². The van der Waals surface area contributed by atoms with Gasteiger partial charge in [0, 0.05) is 5.39 Å². The van der Waals surface area contributed by atoms with Gasteiger partial charge in [-0.15, -0.1) is 11.3 Å². The molecule has 19 heavy (non-hydrogen) atoms. The van der Waals surface area contributed by atoms with Gasteiger partial charge in [-0.3, -0.25) is 9.82 Å². The van der Waals surface area contributed by atoms with Crippen LogP contribution in [-0.2, 0) is 10.0 Å². The number of thiophene rings is 1. The first kappa shape index (κ1) is 12.6. The van der Waals surface area contributed by atoms with Crippen LogP contribution in [0.3, 0.4) is 0 Å². The van der Waals surface area contributed by atoms with Gasteiger partial charge in [-0.25, -0.2) is 8.42 Å². The van der Waals surface area contributed by atoms with Crippen molar-refractivity contribution in [3.05, 3.63) is 40.2 Å². The number of benzene rings is 1. The molecule has 0 atom stereocenters. The zero-order valence-corrected chi connectivity index (χ0v) is 12.6. The quantitative estimate of drug-likeness (QED) is 0.755. The standard InChI is InChI=1S/C11H8BrN3O2S2/c12-9-5-6-10(18-9)19(16,17)15-11-7-3-1-2-4-8(7)13-14-11/h1-6H,(H2,13,14,15). The molecule has 0 unspecified atom stereocenters. The molecule has 2 aromatic heterocycles. The summed E-state index contributed by atoms with van der Waals surface area (Å²) in [4.78, 5) is 0. The van der Waals surface area contributed by atoms with E-state index in [9.17, 15) is 8.42 Å². The minimum Gasteiger partial charge on any atom is -0.276 e. The summed E-state index contributed by atoms with van der Waals surface area (Å²) in [5.74, 6) is 0.306. The van der Waals surface area contributed by atoms with Crippen molar-refractivity contribution < 1.29 is 8.42 Å². The summed E-state index contributed by atoms with van der Waals surface area (Å²) in [5, 5.41) is 7.51. The van der Waals surface area contributed by atoms with Gasteiger partial charge in [0.2, 0.25) is 0 Å². The molecule has 0 aliphatic carbocycles. The molecule has 3 rings (SSSR count). The Balaban J connectivity index is 2.01. The molecule has 0 saturated heterocycles. The molecule has 98 valence electrons. The predicted molar refractivity (Wildman–Crippen MR) is 78.9 cm³/mol. The molecule has 2 heterocycles. The Hall–Kier alpha value is -1.38. The Morgan fingerprint density at radius 3 is 2.74 bits per heavy atom. The number of anilines is 1. The van der Waals surface area contributed by atoms with Crippen LogP contribution in [0.1, 0.15) is 0 Å². The smallest absolute Gasteiger partial charge is 0.272 e. The summed E-state index contributed by atoms with van der Waals surface area (Å²) in [5.41, 5.74) is 0.785. The third-order valence-electron chi connectivity index (χ3n) is 2.51. The molecule has 8 heteroatoms. The Labute approximate surface area is 121 Å². The van der Waals surface area contributed by atoms with Gasteiger partial charge in [0.05, 0.1) is 9.30 Å². The molecule has 3 aromatic rings. The number of H-pyrrole nitrogens is 1. The molecular formula is C11H8BrN3O2S2. The summed E-state index contributed by atoms with van der Waals surface area (Å²) in [7, 11) is -3.60. The lowest BCUT2D eigenvalue weighted by Gasteiger charge is -2.02. The van der Waals surface area contributed by atoms with Crippen molar-refractivity contribution in [2.75, 3.05) is 4.72 Å². The van der Waals surface area contributed by atoms with Gasteiger partial charge in [-0.2, -0.15) is 5.10 Å². The summed E-state index contributed by atoms with van der Waals surface area (Å²) < 4.78 is 27.9. The molecule has 1 aromatic carbocycles. The molecule has 0 fully saturated rings. The number of halogens is 1. The van der Waals surface area contributed by atoms with Crippen molar-refractivity contribution in [1.82, 2.24) is 10.2 Å². The Morgan fingerprint density at radius 2 is 2.00 bits per heavy atom. The van der Waals surface area contributed by atoms with E-state index < -0.39 is 10.0 Å². The van der Waals surface area contributed by atoms with E-state index in [-0.39, 0.29) is 4.21 Å². The van der Waals surface area contributed by atoms with Crippen LogP contribution in [0.2, 0.25) is 0 Å². The molecule has 0 radical (unpaired) electrons. The minimum atomic E-state index is -3.60. The predicted octanol–water partition coefficient (Wildman–Crippen LogP) is 3.19. The summed E-state index contributed by atoms with van der Waals surface area (Å²) in [6, 6.07) is 10.6. The highest BCUT2D eigenvalue weighted by Crippen LogP contribution is 2.28. The second-order valence-electron chi connectivity index (χ2n) is 3.78. The first-order chi connectivity index (χ1) is 9.06. The molecule has 0 bridgehead atoms. The number of fused-ring (bicyclic) bond motifs is 1. The van der Waals surface area contributed by atoms with Crippen LogP contribution in [0.15, 0.2) is 44.4 Å². The van der Waals surface area contributed by atoms with Crippen molar-refractivity contribution in [2.45, 2.75) is 4.21 Å². The van der Waals surface area contributed by atoms with Crippen LogP contribution in [0.4, 0.5) is 5.82 Å². The molecular weight excluding hydrogens is 350 g/mol. The zero-order valence-electron chi connectivity index (χ0n) is 9.42. The van der Waals surface area contributed by atoms with Crippen molar-refractivity contribution in [3.63, 3.8) is 0 Å². The number of para-hydroxylation sites is 1. The molecule has 0 saturated carbocycles. The van der Waals surface area contributed by atoms with Gasteiger partial charge in [0.25, 0.3) is 10.0 Å². The van der Waals surface area contributed by atoms with E-state index in [2.05, 4.69) is 30.8 Å². The van der Waals surface area contributed by atoms with Crippen LogP contribution in [0, 0.1) is 0 Å².